The Labute approximate surface area is 263 Å². The highest BCUT2D eigenvalue weighted by Gasteiger charge is 2.16. The van der Waals surface area contributed by atoms with Crippen LogP contribution in [0.15, 0.2) is 48.8 Å². The minimum absolute atomic E-state index is 0.358. The first-order chi connectivity index (χ1) is 19.9. The second-order valence-corrected chi connectivity index (χ2v) is 13.7. The van der Waals surface area contributed by atoms with Crippen molar-refractivity contribution in [2.75, 3.05) is 13.1 Å². The molecule has 3 aromatic rings. The van der Waals surface area contributed by atoms with E-state index in [0.717, 1.165) is 58.1 Å². The lowest BCUT2D eigenvalue weighted by molar-refractivity contribution is 0.290. The van der Waals surface area contributed by atoms with Crippen molar-refractivity contribution in [3.8, 4) is 21.8 Å². The van der Waals surface area contributed by atoms with Crippen molar-refractivity contribution in [2.45, 2.75) is 121 Å². The van der Waals surface area contributed by atoms with E-state index in [-0.39, 0.29) is 0 Å². The third kappa shape index (κ3) is 14.1. The zero-order valence-corrected chi connectivity index (χ0v) is 29.6. The summed E-state index contributed by atoms with van der Waals surface area (Å²) in [6.45, 7) is 30.2. The summed E-state index contributed by atoms with van der Waals surface area (Å²) >= 11 is 1.68. The number of benzene rings is 1. The van der Waals surface area contributed by atoms with Crippen molar-refractivity contribution in [2.24, 2.45) is 11.3 Å². The number of aromatic nitrogens is 3. The lowest BCUT2D eigenvalue weighted by Crippen LogP contribution is -2.26. The van der Waals surface area contributed by atoms with Crippen LogP contribution in [0, 0.1) is 32.1 Å². The van der Waals surface area contributed by atoms with Gasteiger partial charge in [-0.2, -0.15) is 0 Å². The topological polar surface area (TPSA) is 41.9 Å². The van der Waals surface area contributed by atoms with Gasteiger partial charge in [-0.05, 0) is 63.5 Å². The number of rotatable bonds is 8. The zero-order valence-electron chi connectivity index (χ0n) is 28.8. The molecule has 0 aliphatic heterocycles. The summed E-state index contributed by atoms with van der Waals surface area (Å²) in [4.78, 5) is 16.9. The monoisotopic (exact) mass is 592 g/mol. The Morgan fingerprint density at radius 3 is 2.07 bits per heavy atom. The molecule has 1 aliphatic rings. The van der Waals surface area contributed by atoms with Gasteiger partial charge in [0.2, 0.25) is 0 Å². The third-order valence-corrected chi connectivity index (χ3v) is 7.84. The molecule has 0 bridgehead atoms. The van der Waals surface area contributed by atoms with E-state index in [9.17, 15) is 0 Å². The van der Waals surface area contributed by atoms with E-state index >= 15 is 0 Å². The summed E-state index contributed by atoms with van der Waals surface area (Å²) in [6.07, 6.45) is 11.3. The molecule has 1 fully saturated rings. The van der Waals surface area contributed by atoms with Crippen molar-refractivity contribution < 1.29 is 0 Å². The van der Waals surface area contributed by atoms with E-state index in [4.69, 9.17) is 0 Å². The van der Waals surface area contributed by atoms with Crippen LogP contribution in [0.3, 0.4) is 0 Å². The maximum absolute atomic E-state index is 4.69. The molecule has 1 aromatic carbocycles. The van der Waals surface area contributed by atoms with Crippen LogP contribution in [-0.4, -0.2) is 32.9 Å². The van der Waals surface area contributed by atoms with E-state index < -0.39 is 0 Å². The first-order valence-corrected chi connectivity index (χ1v) is 17.0. The first kappa shape index (κ1) is 37.5. The van der Waals surface area contributed by atoms with E-state index in [2.05, 4.69) is 99.2 Å². The molecule has 0 radical (unpaired) electrons. The Morgan fingerprint density at radius 2 is 1.60 bits per heavy atom. The molecule has 4 rings (SSSR count). The minimum Gasteiger partial charge on any atom is -0.375 e. The average Bonchev–Trinajstić information content (AvgIpc) is 3.58. The van der Waals surface area contributed by atoms with Crippen LogP contribution in [0.5, 0.6) is 0 Å². The van der Waals surface area contributed by atoms with Gasteiger partial charge in [0.25, 0.3) is 0 Å². The van der Waals surface area contributed by atoms with Gasteiger partial charge in [-0.3, -0.25) is 0 Å². The Kier molecular flexibility index (Phi) is 17.5. The molecule has 234 valence electrons. The SMILES string of the molecule is C=C(CC(C)(C)C)N(CCC)CCC.CC.CC1CCCC1.Cc1cccc(-c2nc(C)sc2-c2ccnc(C)n2)c1. The molecule has 0 N–H and O–H groups in total. The van der Waals surface area contributed by atoms with Crippen LogP contribution >= 0.6 is 11.3 Å². The molecule has 4 nitrogen and oxygen atoms in total. The summed E-state index contributed by atoms with van der Waals surface area (Å²) in [5, 5.41) is 1.05. The standard InChI is InChI=1S/C16H15N3S.C13H27N.C6H12.C2H6/c1-10-5-4-6-13(9-10)15-16(20-12(3)19-15)14-7-8-17-11(2)18-14;1-7-9-14(10-8-2)12(3)11-13(4,5)6;1-6-4-2-3-5-6;1-2/h4-9H,1-3H3;3,7-11H2,1-2,4-6H3;6H,2-5H2,1H3;1-2H3. The number of allylic oxidation sites excluding steroid dienone is 1. The number of hydrogen-bond acceptors (Lipinski definition) is 5. The highest BCUT2D eigenvalue weighted by Crippen LogP contribution is 2.35. The molecule has 2 heterocycles. The average molecular weight is 593 g/mol. The van der Waals surface area contributed by atoms with Crippen LogP contribution in [-0.2, 0) is 0 Å². The summed E-state index contributed by atoms with van der Waals surface area (Å²) < 4.78 is 0. The number of aryl methyl sites for hydroxylation is 3. The van der Waals surface area contributed by atoms with Gasteiger partial charge in [0.05, 0.1) is 21.3 Å². The molecule has 0 atom stereocenters. The number of hydrogen-bond donors (Lipinski definition) is 0. The van der Waals surface area contributed by atoms with Gasteiger partial charge in [0.1, 0.15) is 5.82 Å². The van der Waals surface area contributed by atoms with Crippen molar-refractivity contribution in [1.82, 2.24) is 19.9 Å². The maximum Gasteiger partial charge on any atom is 0.125 e. The zero-order chi connectivity index (χ0) is 31.7. The maximum atomic E-state index is 4.69. The predicted molar refractivity (Wildman–Crippen MR) is 187 cm³/mol. The van der Waals surface area contributed by atoms with E-state index in [1.54, 1.807) is 17.5 Å². The molecule has 0 spiro atoms. The highest BCUT2D eigenvalue weighted by atomic mass is 32.1. The Bertz CT molecular complexity index is 1100. The quantitative estimate of drug-likeness (QED) is 0.261. The Hall–Kier alpha value is -2.53. The number of nitrogens with zero attached hydrogens (tertiary/aromatic N) is 4. The fourth-order valence-corrected chi connectivity index (χ4v) is 5.90. The second-order valence-electron chi connectivity index (χ2n) is 12.4. The molecule has 2 aromatic heterocycles. The molecule has 0 unspecified atom stereocenters. The van der Waals surface area contributed by atoms with Gasteiger partial charge < -0.3 is 4.90 Å². The minimum atomic E-state index is 0.358. The van der Waals surface area contributed by atoms with Crippen LogP contribution in [0.2, 0.25) is 0 Å². The molecule has 5 heteroatoms. The second kappa shape index (κ2) is 19.6. The smallest absolute Gasteiger partial charge is 0.125 e. The van der Waals surface area contributed by atoms with Gasteiger partial charge >= 0.3 is 0 Å². The highest BCUT2D eigenvalue weighted by molar-refractivity contribution is 7.15. The lowest BCUT2D eigenvalue weighted by atomic mass is 9.90. The van der Waals surface area contributed by atoms with Gasteiger partial charge in [-0.15, -0.1) is 11.3 Å². The normalized spacial score (nSPS) is 12.7. The van der Waals surface area contributed by atoms with Gasteiger partial charge in [0.15, 0.2) is 0 Å². The fraction of sp³-hybridized carbons (Fsp3) is 0.595. The summed E-state index contributed by atoms with van der Waals surface area (Å²) in [5.74, 6) is 1.83. The molecule has 0 amide bonds. The van der Waals surface area contributed by atoms with E-state index in [1.165, 1.54) is 49.8 Å². The van der Waals surface area contributed by atoms with Crippen molar-refractivity contribution in [3.05, 3.63) is 65.2 Å². The van der Waals surface area contributed by atoms with Crippen molar-refractivity contribution in [3.63, 3.8) is 0 Å². The van der Waals surface area contributed by atoms with Gasteiger partial charge in [-0.1, -0.05) is 111 Å². The third-order valence-electron chi connectivity index (χ3n) is 6.85. The molecular weight excluding hydrogens is 533 g/mol. The first-order valence-electron chi connectivity index (χ1n) is 16.2. The molecule has 42 heavy (non-hydrogen) atoms. The predicted octanol–water partition coefficient (Wildman–Crippen LogP) is 11.5. The van der Waals surface area contributed by atoms with Crippen LogP contribution in [0.25, 0.3) is 21.8 Å². The van der Waals surface area contributed by atoms with Crippen LogP contribution in [0.1, 0.15) is 117 Å². The lowest BCUT2D eigenvalue weighted by Gasteiger charge is -2.30. The largest absolute Gasteiger partial charge is 0.375 e. The summed E-state index contributed by atoms with van der Waals surface area (Å²) in [6, 6.07) is 10.4. The van der Waals surface area contributed by atoms with Crippen LogP contribution in [0.4, 0.5) is 0 Å². The summed E-state index contributed by atoms with van der Waals surface area (Å²) in [7, 11) is 0. The molecule has 1 aliphatic carbocycles. The molecule has 1 saturated carbocycles. The fourth-order valence-electron chi connectivity index (χ4n) is 4.99. The summed E-state index contributed by atoms with van der Waals surface area (Å²) in [5.41, 5.74) is 5.99. The van der Waals surface area contributed by atoms with Gasteiger partial charge in [-0.25, -0.2) is 15.0 Å². The number of thiazole rings is 1. The molecule has 0 saturated heterocycles. The Balaban J connectivity index is 0.000000348. The van der Waals surface area contributed by atoms with E-state index in [0.29, 0.717) is 5.41 Å². The Morgan fingerprint density at radius 1 is 0.976 bits per heavy atom. The van der Waals surface area contributed by atoms with Crippen molar-refractivity contribution in [1.29, 1.82) is 0 Å². The van der Waals surface area contributed by atoms with E-state index in [1.807, 2.05) is 33.8 Å². The molecular formula is C37H60N4S. The van der Waals surface area contributed by atoms with Crippen molar-refractivity contribution >= 4 is 11.3 Å². The van der Waals surface area contributed by atoms with Crippen LogP contribution < -0.4 is 0 Å². The van der Waals surface area contributed by atoms with Gasteiger partial charge in [0, 0.05) is 30.5 Å².